The van der Waals surface area contributed by atoms with Gasteiger partial charge in [-0.15, -0.1) is 11.3 Å². The number of carbonyl (C=O) groups is 1. The first kappa shape index (κ1) is 23.3. The molecule has 0 saturated heterocycles. The Hall–Kier alpha value is -3.85. The molecule has 2 aromatic heterocycles. The average Bonchev–Trinajstić information content (AvgIpc) is 3.26. The van der Waals surface area contributed by atoms with Crippen molar-refractivity contribution in [1.82, 2.24) is 20.3 Å². The number of aryl methyl sites for hydroxylation is 1. The lowest BCUT2D eigenvalue weighted by molar-refractivity contribution is 0.0954. The van der Waals surface area contributed by atoms with Crippen LogP contribution in [0.25, 0.3) is 10.7 Å². The number of nitrogens with one attached hydrogen (secondary N) is 2. The minimum absolute atomic E-state index is 0.229. The van der Waals surface area contributed by atoms with Crippen molar-refractivity contribution in [3.63, 3.8) is 0 Å². The molecule has 9 heteroatoms. The van der Waals surface area contributed by atoms with Gasteiger partial charge in [0.05, 0.1) is 25.2 Å². The van der Waals surface area contributed by atoms with Gasteiger partial charge < -0.3 is 15.4 Å². The zero-order valence-electron chi connectivity index (χ0n) is 18.8. The molecule has 1 amide bonds. The molecule has 0 bridgehead atoms. The van der Waals surface area contributed by atoms with Crippen LogP contribution in [-0.4, -0.2) is 34.5 Å². The van der Waals surface area contributed by atoms with Crippen LogP contribution in [0.1, 0.15) is 26.5 Å². The largest absolute Gasteiger partial charge is 0.497 e. The highest BCUT2D eigenvalue weighted by atomic mass is 32.1. The molecule has 7 nitrogen and oxygen atoms in total. The number of rotatable bonds is 9. The van der Waals surface area contributed by atoms with Crippen LogP contribution in [0.5, 0.6) is 5.75 Å². The van der Waals surface area contributed by atoms with Gasteiger partial charge in [-0.25, -0.2) is 14.4 Å². The van der Waals surface area contributed by atoms with Crippen LogP contribution in [0.15, 0.2) is 60.9 Å². The first-order chi connectivity index (χ1) is 16.5. The number of nitrogens with zero attached hydrogens (tertiary/aromatic N) is 3. The molecule has 0 fully saturated rings. The number of aromatic nitrogens is 3. The Morgan fingerprint density at radius 1 is 1.03 bits per heavy atom. The number of amides is 1. The quantitative estimate of drug-likeness (QED) is 0.365. The maximum atomic E-state index is 13.1. The molecule has 0 aliphatic heterocycles. The highest BCUT2D eigenvalue weighted by molar-refractivity contribution is 7.17. The van der Waals surface area contributed by atoms with Crippen molar-refractivity contribution in [2.24, 2.45) is 0 Å². The van der Waals surface area contributed by atoms with Crippen molar-refractivity contribution < 1.29 is 13.9 Å². The van der Waals surface area contributed by atoms with Crippen molar-refractivity contribution in [3.8, 4) is 16.5 Å². The second-order valence-electron chi connectivity index (χ2n) is 7.56. The van der Waals surface area contributed by atoms with Crippen LogP contribution in [0.4, 0.5) is 10.2 Å². The lowest BCUT2D eigenvalue weighted by Gasteiger charge is -2.07. The second-order valence-corrected chi connectivity index (χ2v) is 8.56. The van der Waals surface area contributed by atoms with Crippen LogP contribution in [0, 0.1) is 12.7 Å². The van der Waals surface area contributed by atoms with Gasteiger partial charge in [-0.1, -0.05) is 24.3 Å². The summed E-state index contributed by atoms with van der Waals surface area (Å²) in [5.74, 6) is 0.933. The van der Waals surface area contributed by atoms with Gasteiger partial charge >= 0.3 is 0 Å². The zero-order valence-corrected chi connectivity index (χ0v) is 19.7. The number of benzene rings is 2. The second kappa shape index (κ2) is 10.8. The summed E-state index contributed by atoms with van der Waals surface area (Å²) in [7, 11) is 1.65. The molecule has 0 saturated carbocycles. The van der Waals surface area contributed by atoms with Crippen LogP contribution in [-0.2, 0) is 13.0 Å². The summed E-state index contributed by atoms with van der Waals surface area (Å²) in [5.41, 5.74) is 3.22. The Morgan fingerprint density at radius 2 is 1.76 bits per heavy atom. The summed E-state index contributed by atoms with van der Waals surface area (Å²) in [5, 5.41) is 6.76. The lowest BCUT2D eigenvalue weighted by atomic mass is 10.1. The van der Waals surface area contributed by atoms with E-state index in [2.05, 4.69) is 25.6 Å². The van der Waals surface area contributed by atoms with Crippen molar-refractivity contribution >= 4 is 23.1 Å². The van der Waals surface area contributed by atoms with Crippen molar-refractivity contribution in [2.75, 3.05) is 19.0 Å². The van der Waals surface area contributed by atoms with Gasteiger partial charge in [-0.05, 0) is 48.7 Å². The number of anilines is 1. The Balaban J connectivity index is 1.37. The summed E-state index contributed by atoms with van der Waals surface area (Å²) in [6.45, 7) is 2.79. The molecule has 2 N–H and O–H groups in total. The van der Waals surface area contributed by atoms with Crippen LogP contribution >= 0.6 is 11.3 Å². The fourth-order valence-electron chi connectivity index (χ4n) is 3.26. The summed E-state index contributed by atoms with van der Waals surface area (Å²) in [6.07, 6.45) is 4.12. The summed E-state index contributed by atoms with van der Waals surface area (Å²) in [6, 6.07) is 14.0. The lowest BCUT2D eigenvalue weighted by Crippen LogP contribution is -2.22. The van der Waals surface area contributed by atoms with E-state index < -0.39 is 0 Å². The fourth-order valence-corrected chi connectivity index (χ4v) is 4.20. The monoisotopic (exact) mass is 477 g/mol. The van der Waals surface area contributed by atoms with E-state index in [1.807, 2.05) is 24.3 Å². The highest BCUT2D eigenvalue weighted by Gasteiger charge is 2.17. The number of hydrogen-bond donors (Lipinski definition) is 2. The molecule has 2 aromatic carbocycles. The van der Waals surface area contributed by atoms with Crippen LogP contribution in [0.2, 0.25) is 0 Å². The molecule has 0 unspecified atom stereocenters. The van der Waals surface area contributed by atoms with Gasteiger partial charge in [0.2, 0.25) is 0 Å². The third-order valence-corrected chi connectivity index (χ3v) is 6.28. The first-order valence-electron chi connectivity index (χ1n) is 10.7. The molecular weight excluding hydrogens is 453 g/mol. The van der Waals surface area contributed by atoms with Crippen molar-refractivity contribution in [2.45, 2.75) is 19.9 Å². The number of ether oxygens (including phenoxy) is 1. The Morgan fingerprint density at radius 3 is 2.50 bits per heavy atom. The molecule has 2 heterocycles. The van der Waals surface area contributed by atoms with Gasteiger partial charge in [0.25, 0.3) is 5.91 Å². The van der Waals surface area contributed by atoms with E-state index >= 15 is 0 Å². The minimum atomic E-state index is -0.309. The molecule has 0 aliphatic rings. The van der Waals surface area contributed by atoms with E-state index in [0.29, 0.717) is 40.2 Å². The van der Waals surface area contributed by atoms with Crippen LogP contribution < -0.4 is 15.4 Å². The molecular formula is C25H24FN5O2S. The topological polar surface area (TPSA) is 89.0 Å². The van der Waals surface area contributed by atoms with Gasteiger partial charge in [0.1, 0.15) is 33.0 Å². The maximum absolute atomic E-state index is 13.1. The predicted molar refractivity (Wildman–Crippen MR) is 131 cm³/mol. The number of thiazole rings is 1. The molecule has 4 rings (SSSR count). The van der Waals surface area contributed by atoms with E-state index in [0.717, 1.165) is 17.7 Å². The van der Waals surface area contributed by atoms with Crippen molar-refractivity contribution in [3.05, 3.63) is 88.4 Å². The smallest absolute Gasteiger partial charge is 0.263 e. The third-order valence-electron chi connectivity index (χ3n) is 5.10. The SMILES string of the molecule is COc1ccc(CCNc2cncc(-c3nc(C)c(C(=O)NCc4ccc(F)cc4)s3)n2)cc1. The average molecular weight is 478 g/mol. The molecule has 0 atom stereocenters. The predicted octanol–water partition coefficient (Wildman–Crippen LogP) is 4.64. The molecule has 4 aromatic rings. The molecule has 34 heavy (non-hydrogen) atoms. The zero-order chi connectivity index (χ0) is 23.9. The molecule has 0 radical (unpaired) electrons. The summed E-state index contributed by atoms with van der Waals surface area (Å²) < 4.78 is 18.2. The Labute approximate surface area is 201 Å². The number of halogens is 1. The molecule has 0 aliphatic carbocycles. The van der Waals surface area contributed by atoms with Gasteiger partial charge in [-0.2, -0.15) is 0 Å². The normalized spacial score (nSPS) is 10.7. The highest BCUT2D eigenvalue weighted by Crippen LogP contribution is 2.27. The fraction of sp³-hybridized carbons (Fsp3) is 0.200. The van der Waals surface area contributed by atoms with E-state index in [4.69, 9.17) is 4.74 Å². The van der Waals surface area contributed by atoms with Gasteiger partial charge in [0, 0.05) is 13.1 Å². The van der Waals surface area contributed by atoms with E-state index in [9.17, 15) is 9.18 Å². The van der Waals surface area contributed by atoms with E-state index in [1.165, 1.54) is 29.0 Å². The summed E-state index contributed by atoms with van der Waals surface area (Å²) >= 11 is 1.27. The third kappa shape index (κ3) is 5.93. The van der Waals surface area contributed by atoms with E-state index in [1.54, 1.807) is 38.6 Å². The standard InChI is InChI=1S/C25H24FN5O2S/c1-16-23(24(32)29-13-18-3-7-19(26)8-4-18)34-25(30-16)21-14-27-15-22(31-21)28-12-11-17-5-9-20(33-2)10-6-17/h3-10,14-15H,11-13H2,1-2H3,(H,28,31)(H,29,32). The van der Waals surface area contributed by atoms with Crippen LogP contribution in [0.3, 0.4) is 0 Å². The molecule has 174 valence electrons. The first-order valence-corrected chi connectivity index (χ1v) is 11.5. The minimum Gasteiger partial charge on any atom is -0.497 e. The maximum Gasteiger partial charge on any atom is 0.263 e. The summed E-state index contributed by atoms with van der Waals surface area (Å²) in [4.78, 5) is 26.6. The number of methoxy groups -OCH3 is 1. The number of carbonyl (C=O) groups excluding carboxylic acids is 1. The van der Waals surface area contributed by atoms with E-state index in [-0.39, 0.29) is 11.7 Å². The Kier molecular flexibility index (Phi) is 7.44. The van der Waals surface area contributed by atoms with Gasteiger partial charge in [0.15, 0.2) is 0 Å². The van der Waals surface area contributed by atoms with Crippen molar-refractivity contribution in [1.29, 1.82) is 0 Å². The molecule has 0 spiro atoms. The Bertz CT molecular complexity index is 1260. The number of hydrogen-bond acceptors (Lipinski definition) is 7. The van der Waals surface area contributed by atoms with Gasteiger partial charge in [-0.3, -0.25) is 9.78 Å².